The second kappa shape index (κ2) is 12.8. The van der Waals surface area contributed by atoms with E-state index >= 15 is 0 Å². The van der Waals surface area contributed by atoms with E-state index in [0.717, 1.165) is 25.0 Å². The van der Waals surface area contributed by atoms with Crippen molar-refractivity contribution in [1.82, 2.24) is 14.4 Å². The Balaban J connectivity index is 2.83. The van der Waals surface area contributed by atoms with Gasteiger partial charge in [0, 0.05) is 45.6 Å². The number of methoxy groups -OCH3 is 1. The summed E-state index contributed by atoms with van der Waals surface area (Å²) in [6.45, 7) is 13.0. The highest BCUT2D eigenvalue weighted by molar-refractivity contribution is 5.85. The third-order valence-corrected chi connectivity index (χ3v) is 5.27. The van der Waals surface area contributed by atoms with Crippen LogP contribution in [0.2, 0.25) is 0 Å². The van der Waals surface area contributed by atoms with Crippen molar-refractivity contribution in [3.05, 3.63) is 24.0 Å². The summed E-state index contributed by atoms with van der Waals surface area (Å²) < 4.78 is 7.23. The maximum absolute atomic E-state index is 13.2. The zero-order valence-corrected chi connectivity index (χ0v) is 20.2. The summed E-state index contributed by atoms with van der Waals surface area (Å²) in [5.74, 6) is 0.307. The second-order valence-electron chi connectivity index (χ2n) is 9.66. The normalized spacial score (nSPS) is 12.6. The molecule has 0 N–H and O–H groups in total. The maximum Gasteiger partial charge on any atom is 0.242 e. The van der Waals surface area contributed by atoms with Gasteiger partial charge in [0.05, 0.1) is 19.7 Å². The van der Waals surface area contributed by atoms with E-state index in [-0.39, 0.29) is 29.7 Å². The molecule has 0 bridgehead atoms. The number of hydrogen-bond donors (Lipinski definition) is 0. The fraction of sp³-hybridized carbons (Fsp3) is 0.750. The number of hydrogen-bond acceptors (Lipinski definition) is 3. The highest BCUT2D eigenvalue weighted by Crippen LogP contribution is 2.26. The first-order chi connectivity index (χ1) is 14.1. The summed E-state index contributed by atoms with van der Waals surface area (Å²) in [7, 11) is 3.61. The molecule has 1 atom stereocenters. The predicted molar refractivity (Wildman–Crippen MR) is 122 cm³/mol. The molecule has 0 fully saturated rings. The average Bonchev–Trinajstić information content (AvgIpc) is 3.04. The van der Waals surface area contributed by atoms with Crippen molar-refractivity contribution in [2.75, 3.05) is 33.4 Å². The number of aryl methyl sites for hydroxylation is 1. The van der Waals surface area contributed by atoms with E-state index in [1.54, 1.807) is 12.0 Å². The highest BCUT2D eigenvalue weighted by Gasteiger charge is 2.24. The first-order valence-electron chi connectivity index (χ1n) is 11.2. The lowest BCUT2D eigenvalue weighted by molar-refractivity contribution is -0.142. The van der Waals surface area contributed by atoms with Gasteiger partial charge in [-0.15, -0.1) is 0 Å². The minimum atomic E-state index is -0.00224. The summed E-state index contributed by atoms with van der Waals surface area (Å²) >= 11 is 0. The molecule has 0 aromatic carbocycles. The van der Waals surface area contributed by atoms with Gasteiger partial charge in [0.25, 0.3) is 0 Å². The summed E-state index contributed by atoms with van der Waals surface area (Å²) in [6.07, 6.45) is 5.39. The molecule has 0 aliphatic rings. The number of nitrogens with zero attached hydrogens (tertiary/aromatic N) is 3. The number of aromatic nitrogens is 1. The lowest BCUT2D eigenvalue weighted by Crippen LogP contribution is -2.44. The van der Waals surface area contributed by atoms with Crippen LogP contribution in [-0.4, -0.2) is 59.5 Å². The minimum absolute atomic E-state index is 0.00224. The fourth-order valence-corrected chi connectivity index (χ4v) is 3.80. The molecule has 6 nitrogen and oxygen atoms in total. The number of amides is 2. The van der Waals surface area contributed by atoms with Crippen LogP contribution in [0.15, 0.2) is 18.3 Å². The van der Waals surface area contributed by atoms with Gasteiger partial charge in [-0.2, -0.15) is 0 Å². The van der Waals surface area contributed by atoms with Crippen molar-refractivity contribution in [1.29, 1.82) is 0 Å². The Bertz CT molecular complexity index is 648. The molecule has 0 aliphatic carbocycles. The van der Waals surface area contributed by atoms with Crippen LogP contribution in [0, 0.1) is 11.3 Å². The van der Waals surface area contributed by atoms with Gasteiger partial charge in [-0.05, 0) is 36.3 Å². The van der Waals surface area contributed by atoms with Gasteiger partial charge in [0.15, 0.2) is 0 Å². The van der Waals surface area contributed by atoms with Crippen LogP contribution < -0.4 is 0 Å². The first-order valence-corrected chi connectivity index (χ1v) is 11.2. The van der Waals surface area contributed by atoms with Gasteiger partial charge in [-0.25, -0.2) is 0 Å². The van der Waals surface area contributed by atoms with Crippen LogP contribution in [0.5, 0.6) is 0 Å². The molecule has 2 amide bonds. The van der Waals surface area contributed by atoms with Gasteiger partial charge >= 0.3 is 0 Å². The maximum atomic E-state index is 13.2. The van der Waals surface area contributed by atoms with E-state index in [9.17, 15) is 9.59 Å². The third kappa shape index (κ3) is 9.79. The summed E-state index contributed by atoms with van der Waals surface area (Å²) in [4.78, 5) is 29.7. The molecule has 0 spiro atoms. The van der Waals surface area contributed by atoms with Crippen LogP contribution in [0.3, 0.4) is 0 Å². The van der Waals surface area contributed by atoms with E-state index < -0.39 is 0 Å². The zero-order chi connectivity index (χ0) is 22.7. The second-order valence-corrected chi connectivity index (χ2v) is 9.66. The Morgan fingerprint density at radius 1 is 1.17 bits per heavy atom. The smallest absolute Gasteiger partial charge is 0.242 e. The summed E-state index contributed by atoms with van der Waals surface area (Å²) in [5.41, 5.74) is 1.27. The molecular weight excluding hydrogens is 378 g/mol. The molecule has 172 valence electrons. The van der Waals surface area contributed by atoms with Crippen LogP contribution >= 0.6 is 0 Å². The van der Waals surface area contributed by atoms with E-state index in [0.29, 0.717) is 32.7 Å². The molecule has 0 radical (unpaired) electrons. The molecule has 1 aromatic rings. The van der Waals surface area contributed by atoms with E-state index in [4.69, 9.17) is 4.74 Å². The van der Waals surface area contributed by atoms with Crippen molar-refractivity contribution in [3.63, 3.8) is 0 Å². The van der Waals surface area contributed by atoms with Crippen LogP contribution in [-0.2, 0) is 27.9 Å². The summed E-state index contributed by atoms with van der Waals surface area (Å²) in [6, 6.07) is 4.02. The van der Waals surface area contributed by atoms with Gasteiger partial charge in [-0.1, -0.05) is 41.0 Å². The Morgan fingerprint density at radius 3 is 2.40 bits per heavy atom. The summed E-state index contributed by atoms with van der Waals surface area (Å²) in [5, 5.41) is 0. The third-order valence-electron chi connectivity index (χ3n) is 5.27. The molecule has 0 saturated heterocycles. The van der Waals surface area contributed by atoms with Crippen molar-refractivity contribution in [2.24, 2.45) is 18.4 Å². The van der Waals surface area contributed by atoms with E-state index in [1.807, 2.05) is 34.8 Å². The number of carbonyl (C=O) groups is 2. The molecular formula is C24H43N3O3. The standard InChI is InChI=1S/C24H43N3O3/c1-8-9-13-26(18-21-11-10-12-25(21)6)23(29)19-27(14-15-30-7)22(28)16-20(2)17-24(3,4)5/h10-12,20H,8-9,13-19H2,1-7H3/t20-/m0/s1. The molecule has 0 unspecified atom stereocenters. The van der Waals surface area contributed by atoms with Crippen LogP contribution in [0.4, 0.5) is 0 Å². The van der Waals surface area contributed by atoms with E-state index in [2.05, 4.69) is 34.6 Å². The molecule has 6 heteroatoms. The SMILES string of the molecule is CCCCN(Cc1cccn1C)C(=O)CN(CCOC)C(=O)C[C@H](C)CC(C)(C)C. The largest absolute Gasteiger partial charge is 0.383 e. The lowest BCUT2D eigenvalue weighted by atomic mass is 9.84. The Hall–Kier alpha value is -1.82. The molecule has 0 saturated carbocycles. The monoisotopic (exact) mass is 421 g/mol. The Morgan fingerprint density at radius 2 is 1.87 bits per heavy atom. The number of unbranched alkanes of at least 4 members (excludes halogenated alkanes) is 1. The fourth-order valence-electron chi connectivity index (χ4n) is 3.80. The average molecular weight is 422 g/mol. The Kier molecular flexibility index (Phi) is 11.2. The number of carbonyl (C=O) groups excluding carboxylic acids is 2. The molecule has 1 aromatic heterocycles. The zero-order valence-electron chi connectivity index (χ0n) is 20.2. The predicted octanol–water partition coefficient (Wildman–Crippen LogP) is 4.09. The van der Waals surface area contributed by atoms with Crippen molar-refractivity contribution >= 4 is 11.8 Å². The lowest BCUT2D eigenvalue weighted by Gasteiger charge is -2.29. The number of rotatable bonds is 13. The minimum Gasteiger partial charge on any atom is -0.383 e. The molecule has 1 heterocycles. The molecule has 1 rings (SSSR count). The van der Waals surface area contributed by atoms with Gasteiger partial charge in [0.2, 0.25) is 11.8 Å². The quantitative estimate of drug-likeness (QED) is 0.482. The van der Waals surface area contributed by atoms with Crippen molar-refractivity contribution < 1.29 is 14.3 Å². The van der Waals surface area contributed by atoms with Crippen LogP contribution in [0.1, 0.15) is 66.0 Å². The van der Waals surface area contributed by atoms with Gasteiger partial charge in [-0.3, -0.25) is 9.59 Å². The Labute approximate surface area is 183 Å². The van der Waals surface area contributed by atoms with Crippen LogP contribution in [0.25, 0.3) is 0 Å². The topological polar surface area (TPSA) is 54.8 Å². The molecule has 30 heavy (non-hydrogen) atoms. The first kappa shape index (κ1) is 26.2. The van der Waals surface area contributed by atoms with E-state index in [1.165, 1.54) is 0 Å². The van der Waals surface area contributed by atoms with Gasteiger partial charge in [0.1, 0.15) is 0 Å². The van der Waals surface area contributed by atoms with Crippen molar-refractivity contribution in [2.45, 2.75) is 66.8 Å². The van der Waals surface area contributed by atoms with Crippen molar-refractivity contribution in [3.8, 4) is 0 Å². The molecule has 0 aliphatic heterocycles. The van der Waals surface area contributed by atoms with Gasteiger partial charge < -0.3 is 19.1 Å². The number of ether oxygens (including phenoxy) is 1. The highest BCUT2D eigenvalue weighted by atomic mass is 16.5.